The average molecular weight is 304 g/mol. The molecule has 0 aliphatic heterocycles. The van der Waals surface area contributed by atoms with E-state index < -0.39 is 5.97 Å². The van der Waals surface area contributed by atoms with Crippen molar-refractivity contribution in [3.63, 3.8) is 0 Å². The molecule has 0 unspecified atom stereocenters. The van der Waals surface area contributed by atoms with Gasteiger partial charge in [-0.15, -0.1) is 23.1 Å². The molecule has 0 saturated heterocycles. The molecular weight excluding hydrogens is 292 g/mol. The fourth-order valence-electron chi connectivity index (χ4n) is 1.56. The number of esters is 1. The number of carbonyl (C=O) groups excluding carboxylic acids is 1. The molecule has 0 atom stereocenters. The molecule has 0 fully saturated rings. The zero-order chi connectivity index (χ0) is 14.4. The number of carbonyl (C=O) groups is 1. The van der Waals surface area contributed by atoms with Crippen molar-refractivity contribution < 1.29 is 9.53 Å². The van der Waals surface area contributed by atoms with Gasteiger partial charge in [-0.25, -0.2) is 9.78 Å². The zero-order valence-corrected chi connectivity index (χ0v) is 12.5. The molecule has 0 saturated carbocycles. The molecule has 0 aliphatic rings. The predicted molar refractivity (Wildman–Crippen MR) is 78.7 cm³/mol. The Morgan fingerprint density at radius 3 is 3.00 bits per heavy atom. The third-order valence-corrected chi connectivity index (χ3v) is 4.35. The Labute approximate surface area is 125 Å². The zero-order valence-electron chi connectivity index (χ0n) is 10.8. The van der Waals surface area contributed by atoms with Gasteiger partial charge in [-0.05, 0) is 19.1 Å². The van der Waals surface area contributed by atoms with Crippen molar-refractivity contribution in [2.45, 2.75) is 17.6 Å². The van der Waals surface area contributed by atoms with E-state index in [9.17, 15) is 4.79 Å². The summed E-state index contributed by atoms with van der Waals surface area (Å²) in [7, 11) is 0. The number of nitriles is 1. The van der Waals surface area contributed by atoms with Crippen molar-refractivity contribution >= 4 is 29.1 Å². The highest BCUT2D eigenvalue weighted by Crippen LogP contribution is 2.27. The molecule has 0 spiro atoms. The Kier molecular flexibility index (Phi) is 5.16. The molecule has 2 aromatic rings. The van der Waals surface area contributed by atoms with Crippen LogP contribution in [0, 0.1) is 18.3 Å². The number of aromatic nitrogens is 1. The largest absolute Gasteiger partial charge is 0.447 e. The lowest BCUT2D eigenvalue weighted by Gasteiger charge is -2.06. The van der Waals surface area contributed by atoms with E-state index in [1.807, 2.05) is 24.4 Å². The van der Waals surface area contributed by atoms with Crippen LogP contribution in [-0.4, -0.2) is 17.6 Å². The number of thioether (sulfide) groups is 1. The smallest absolute Gasteiger partial charge is 0.340 e. The van der Waals surface area contributed by atoms with Crippen LogP contribution < -0.4 is 0 Å². The van der Waals surface area contributed by atoms with Gasteiger partial charge in [-0.3, -0.25) is 0 Å². The molecule has 1 heterocycles. The van der Waals surface area contributed by atoms with E-state index in [0.717, 1.165) is 15.6 Å². The molecule has 0 bridgehead atoms. The minimum Gasteiger partial charge on any atom is -0.447 e. The van der Waals surface area contributed by atoms with Crippen LogP contribution in [-0.2, 0) is 10.5 Å². The Morgan fingerprint density at radius 2 is 2.30 bits per heavy atom. The molecule has 1 aromatic carbocycles. The van der Waals surface area contributed by atoms with Gasteiger partial charge >= 0.3 is 5.97 Å². The third-order valence-electron chi connectivity index (χ3n) is 2.42. The SMILES string of the molecule is Cc1nc(CSc2ccccc2C(=O)OCC#N)cs1. The highest BCUT2D eigenvalue weighted by molar-refractivity contribution is 7.98. The van der Waals surface area contributed by atoms with Gasteiger partial charge in [0, 0.05) is 16.0 Å². The van der Waals surface area contributed by atoms with E-state index in [2.05, 4.69) is 4.98 Å². The Bertz CT molecular complexity index is 647. The van der Waals surface area contributed by atoms with E-state index in [0.29, 0.717) is 11.3 Å². The fourth-order valence-corrected chi connectivity index (χ4v) is 3.21. The highest BCUT2D eigenvalue weighted by Gasteiger charge is 2.13. The number of thiazole rings is 1. The summed E-state index contributed by atoms with van der Waals surface area (Å²) in [6, 6.07) is 9.01. The summed E-state index contributed by atoms with van der Waals surface area (Å²) >= 11 is 3.14. The van der Waals surface area contributed by atoms with Gasteiger partial charge in [0.25, 0.3) is 0 Å². The van der Waals surface area contributed by atoms with E-state index in [-0.39, 0.29) is 6.61 Å². The molecule has 0 aliphatic carbocycles. The van der Waals surface area contributed by atoms with Crippen molar-refractivity contribution in [2.75, 3.05) is 6.61 Å². The van der Waals surface area contributed by atoms with E-state index in [1.54, 1.807) is 29.5 Å². The average Bonchev–Trinajstić information content (AvgIpc) is 2.88. The molecule has 20 heavy (non-hydrogen) atoms. The molecule has 0 N–H and O–H groups in total. The van der Waals surface area contributed by atoms with Crippen LogP contribution in [0.3, 0.4) is 0 Å². The first-order valence-electron chi connectivity index (χ1n) is 5.87. The monoisotopic (exact) mass is 304 g/mol. The second-order valence-corrected chi connectivity index (χ2v) is 5.96. The van der Waals surface area contributed by atoms with Gasteiger partial charge in [0.1, 0.15) is 6.07 Å². The number of hydrogen-bond donors (Lipinski definition) is 0. The Hall–Kier alpha value is -1.84. The second-order valence-electron chi connectivity index (χ2n) is 3.88. The van der Waals surface area contributed by atoms with Gasteiger partial charge in [-0.1, -0.05) is 12.1 Å². The first-order valence-corrected chi connectivity index (χ1v) is 7.74. The Morgan fingerprint density at radius 1 is 1.50 bits per heavy atom. The number of nitrogens with zero attached hydrogens (tertiary/aromatic N) is 2. The summed E-state index contributed by atoms with van der Waals surface area (Å²) in [5.41, 5.74) is 1.48. The van der Waals surface area contributed by atoms with Crippen molar-refractivity contribution in [1.82, 2.24) is 4.98 Å². The van der Waals surface area contributed by atoms with Crippen LogP contribution in [0.25, 0.3) is 0 Å². The van der Waals surface area contributed by atoms with Crippen LogP contribution >= 0.6 is 23.1 Å². The lowest BCUT2D eigenvalue weighted by Crippen LogP contribution is -2.06. The normalized spacial score (nSPS) is 10.0. The minimum atomic E-state index is -0.468. The van der Waals surface area contributed by atoms with Crippen LogP contribution in [0.2, 0.25) is 0 Å². The Balaban J connectivity index is 2.08. The van der Waals surface area contributed by atoms with E-state index in [1.165, 1.54) is 11.8 Å². The number of rotatable bonds is 5. The molecular formula is C14H12N2O2S2. The van der Waals surface area contributed by atoms with E-state index >= 15 is 0 Å². The van der Waals surface area contributed by atoms with Crippen LogP contribution in [0.4, 0.5) is 0 Å². The fraction of sp³-hybridized carbons (Fsp3) is 0.214. The van der Waals surface area contributed by atoms with Crippen molar-refractivity contribution in [3.05, 3.63) is 45.9 Å². The minimum absolute atomic E-state index is 0.233. The molecule has 2 rings (SSSR count). The predicted octanol–water partition coefficient (Wildman–Crippen LogP) is 3.42. The van der Waals surface area contributed by atoms with Gasteiger partial charge < -0.3 is 4.74 Å². The summed E-state index contributed by atoms with van der Waals surface area (Å²) in [5.74, 6) is 0.233. The molecule has 102 valence electrons. The highest BCUT2D eigenvalue weighted by atomic mass is 32.2. The maximum absolute atomic E-state index is 11.8. The van der Waals surface area contributed by atoms with Crippen molar-refractivity contribution in [2.24, 2.45) is 0 Å². The topological polar surface area (TPSA) is 63.0 Å². The summed E-state index contributed by atoms with van der Waals surface area (Å²) in [5, 5.41) is 11.5. The van der Waals surface area contributed by atoms with Crippen molar-refractivity contribution in [1.29, 1.82) is 5.26 Å². The number of hydrogen-bond acceptors (Lipinski definition) is 6. The van der Waals surface area contributed by atoms with Crippen molar-refractivity contribution in [3.8, 4) is 6.07 Å². The summed E-state index contributed by atoms with van der Waals surface area (Å²) in [6.07, 6.45) is 0. The van der Waals surface area contributed by atoms with Gasteiger partial charge in [0.2, 0.25) is 0 Å². The number of ether oxygens (including phenoxy) is 1. The van der Waals surface area contributed by atoms with Gasteiger partial charge in [0.05, 0.1) is 16.3 Å². The molecule has 4 nitrogen and oxygen atoms in total. The van der Waals surface area contributed by atoms with Gasteiger partial charge in [0.15, 0.2) is 6.61 Å². The second kappa shape index (κ2) is 7.08. The molecule has 6 heteroatoms. The van der Waals surface area contributed by atoms with Crippen LogP contribution in [0.15, 0.2) is 34.5 Å². The molecule has 1 aromatic heterocycles. The third kappa shape index (κ3) is 3.83. The maximum Gasteiger partial charge on any atom is 0.340 e. The standard InChI is InChI=1S/C14H12N2O2S2/c1-10-16-11(8-19-10)9-20-13-5-3-2-4-12(13)14(17)18-7-6-15/h2-5,8H,7,9H2,1H3. The molecule has 0 radical (unpaired) electrons. The van der Waals surface area contributed by atoms with Crippen LogP contribution in [0.1, 0.15) is 21.1 Å². The first kappa shape index (κ1) is 14.6. The summed E-state index contributed by atoms with van der Waals surface area (Å²) in [4.78, 5) is 17.1. The number of benzene rings is 1. The quantitative estimate of drug-likeness (QED) is 0.625. The lowest BCUT2D eigenvalue weighted by atomic mass is 10.2. The maximum atomic E-state index is 11.8. The number of aryl methyl sites for hydroxylation is 1. The van der Waals surface area contributed by atoms with E-state index in [4.69, 9.17) is 10.00 Å². The summed E-state index contributed by atoms with van der Waals surface area (Å²) in [6.45, 7) is 1.73. The lowest BCUT2D eigenvalue weighted by molar-refractivity contribution is 0.0551. The first-order chi connectivity index (χ1) is 9.70. The van der Waals surface area contributed by atoms with Crippen LogP contribution in [0.5, 0.6) is 0 Å². The summed E-state index contributed by atoms with van der Waals surface area (Å²) < 4.78 is 4.85. The molecule has 0 amide bonds. The van der Waals surface area contributed by atoms with Gasteiger partial charge in [-0.2, -0.15) is 5.26 Å².